The number of carbonyl (C=O) groups excluding carboxylic acids is 2. The van der Waals surface area contributed by atoms with Crippen molar-refractivity contribution >= 4 is 22.7 Å². The largest absolute Gasteiger partial charge is 0.497 e. The molecule has 2 aromatic carbocycles. The molecule has 0 radical (unpaired) electrons. The van der Waals surface area contributed by atoms with Gasteiger partial charge < -0.3 is 20.4 Å². The number of carbonyl (C=O) groups is 2. The number of hydrogen-bond donors (Lipinski definition) is 3. The third-order valence-corrected chi connectivity index (χ3v) is 4.61. The fourth-order valence-corrected chi connectivity index (χ4v) is 3.23. The number of para-hydroxylation sites is 1. The number of likely N-dealkylation sites (N-methyl/N-ethyl adjacent to an activating group) is 1. The fourth-order valence-electron chi connectivity index (χ4n) is 3.23. The van der Waals surface area contributed by atoms with E-state index in [1.807, 2.05) is 49.4 Å². The first-order valence-corrected chi connectivity index (χ1v) is 9.39. The maximum Gasteiger partial charge on any atom is 0.239 e. The summed E-state index contributed by atoms with van der Waals surface area (Å²) in [6, 6.07) is 15.9. The summed E-state index contributed by atoms with van der Waals surface area (Å²) in [5.41, 5.74) is 4.16. The molecule has 3 aromatic rings. The van der Waals surface area contributed by atoms with Crippen LogP contribution in [0.2, 0.25) is 0 Å². The lowest BCUT2D eigenvalue weighted by atomic mass is 10.0. The van der Waals surface area contributed by atoms with Crippen LogP contribution >= 0.6 is 0 Å². The van der Waals surface area contributed by atoms with Crippen LogP contribution in [0, 0.1) is 0 Å². The Morgan fingerprint density at radius 3 is 2.46 bits per heavy atom. The molecule has 1 aromatic heterocycles. The summed E-state index contributed by atoms with van der Waals surface area (Å²) in [4.78, 5) is 27.2. The number of H-pyrrole nitrogens is 1. The lowest BCUT2D eigenvalue weighted by molar-refractivity contribution is -0.126. The second kappa shape index (κ2) is 9.08. The summed E-state index contributed by atoms with van der Waals surface area (Å²) < 4.78 is 5.24. The lowest BCUT2D eigenvalue weighted by Crippen LogP contribution is -2.36. The quantitative estimate of drug-likeness (QED) is 0.563. The average Bonchev–Trinajstić information content (AvgIpc) is 3.09. The van der Waals surface area contributed by atoms with Gasteiger partial charge in [0.15, 0.2) is 0 Å². The summed E-state index contributed by atoms with van der Waals surface area (Å²) in [5.74, 6) is 0.477. The molecule has 3 rings (SSSR count). The van der Waals surface area contributed by atoms with E-state index in [-0.39, 0.29) is 18.4 Å². The normalized spacial score (nSPS) is 10.6. The van der Waals surface area contributed by atoms with Crippen LogP contribution in [0.25, 0.3) is 22.2 Å². The second-order valence-corrected chi connectivity index (χ2v) is 6.48. The van der Waals surface area contributed by atoms with Gasteiger partial charge in [-0.15, -0.1) is 0 Å². The van der Waals surface area contributed by atoms with E-state index < -0.39 is 0 Å². The van der Waals surface area contributed by atoms with Gasteiger partial charge in [-0.1, -0.05) is 18.2 Å². The Kier molecular flexibility index (Phi) is 6.32. The van der Waals surface area contributed by atoms with E-state index in [0.29, 0.717) is 19.4 Å². The van der Waals surface area contributed by atoms with Crippen LogP contribution in [-0.4, -0.2) is 37.0 Å². The molecule has 0 bridgehead atoms. The molecule has 0 aliphatic heterocycles. The molecule has 0 spiro atoms. The van der Waals surface area contributed by atoms with Crippen molar-refractivity contribution in [2.24, 2.45) is 0 Å². The highest BCUT2D eigenvalue weighted by Crippen LogP contribution is 2.32. The summed E-state index contributed by atoms with van der Waals surface area (Å²) in [5, 5.41) is 6.44. The Hall–Kier alpha value is -3.28. The molecule has 6 heteroatoms. The van der Waals surface area contributed by atoms with E-state index >= 15 is 0 Å². The van der Waals surface area contributed by atoms with Crippen LogP contribution < -0.4 is 15.4 Å². The number of benzene rings is 2. The van der Waals surface area contributed by atoms with Crippen molar-refractivity contribution in [3.63, 3.8) is 0 Å². The number of methoxy groups -OCH3 is 1. The molecule has 6 nitrogen and oxygen atoms in total. The maximum atomic E-state index is 12.2. The zero-order valence-electron chi connectivity index (χ0n) is 16.2. The number of hydrogen-bond acceptors (Lipinski definition) is 3. The van der Waals surface area contributed by atoms with Gasteiger partial charge in [0.2, 0.25) is 11.8 Å². The highest BCUT2D eigenvalue weighted by molar-refractivity contribution is 5.91. The lowest BCUT2D eigenvalue weighted by Gasteiger charge is -2.08. The van der Waals surface area contributed by atoms with Crippen LogP contribution in [0.5, 0.6) is 5.75 Å². The number of amides is 2. The number of nitrogens with one attached hydrogen (secondary N) is 3. The molecule has 0 aliphatic rings. The molecule has 2 amide bonds. The van der Waals surface area contributed by atoms with E-state index in [1.54, 1.807) is 7.11 Å². The Balaban J connectivity index is 1.79. The highest BCUT2D eigenvalue weighted by atomic mass is 16.5. The Morgan fingerprint density at radius 2 is 1.75 bits per heavy atom. The van der Waals surface area contributed by atoms with E-state index in [9.17, 15) is 9.59 Å². The molecule has 0 saturated carbocycles. The third-order valence-electron chi connectivity index (χ3n) is 4.61. The van der Waals surface area contributed by atoms with Gasteiger partial charge in [-0.25, -0.2) is 0 Å². The SMILES string of the molecule is CCNC(=O)CNC(=O)CCc1c(-c2ccc(OC)cc2)[nH]c2ccccc12. The number of aromatic amines is 1. The van der Waals surface area contributed by atoms with Crippen molar-refractivity contribution < 1.29 is 14.3 Å². The first-order chi connectivity index (χ1) is 13.6. The molecule has 0 atom stereocenters. The molecule has 0 aliphatic carbocycles. The number of aryl methyl sites for hydroxylation is 1. The predicted molar refractivity (Wildman–Crippen MR) is 110 cm³/mol. The van der Waals surface area contributed by atoms with Gasteiger partial charge >= 0.3 is 0 Å². The zero-order chi connectivity index (χ0) is 19.9. The van der Waals surface area contributed by atoms with Gasteiger partial charge in [0, 0.05) is 29.6 Å². The zero-order valence-corrected chi connectivity index (χ0v) is 16.2. The minimum absolute atomic E-state index is 0.00585. The first kappa shape index (κ1) is 19.5. The molecule has 28 heavy (non-hydrogen) atoms. The molecule has 1 heterocycles. The molecule has 0 unspecified atom stereocenters. The minimum Gasteiger partial charge on any atom is -0.497 e. The van der Waals surface area contributed by atoms with Crippen molar-refractivity contribution in [2.45, 2.75) is 19.8 Å². The van der Waals surface area contributed by atoms with E-state index in [1.165, 1.54) is 0 Å². The van der Waals surface area contributed by atoms with Crippen molar-refractivity contribution in [1.82, 2.24) is 15.6 Å². The molecular weight excluding hydrogens is 354 g/mol. The highest BCUT2D eigenvalue weighted by Gasteiger charge is 2.15. The van der Waals surface area contributed by atoms with Crippen molar-refractivity contribution in [2.75, 3.05) is 20.2 Å². The fraction of sp³-hybridized carbons (Fsp3) is 0.273. The second-order valence-electron chi connectivity index (χ2n) is 6.48. The predicted octanol–water partition coefficient (Wildman–Crippen LogP) is 3.03. The average molecular weight is 379 g/mol. The summed E-state index contributed by atoms with van der Waals surface area (Å²) in [7, 11) is 1.64. The standard InChI is InChI=1S/C22H25N3O3/c1-3-23-21(27)14-24-20(26)13-12-18-17-6-4-5-7-19(17)25-22(18)15-8-10-16(28-2)11-9-15/h4-11,25H,3,12-14H2,1-2H3,(H,23,27)(H,24,26). The third kappa shape index (κ3) is 4.52. The van der Waals surface area contributed by atoms with E-state index in [2.05, 4.69) is 21.7 Å². The molecular formula is C22H25N3O3. The Morgan fingerprint density at radius 1 is 1.00 bits per heavy atom. The van der Waals surface area contributed by atoms with Crippen LogP contribution in [0.3, 0.4) is 0 Å². The number of aromatic nitrogens is 1. The van der Waals surface area contributed by atoms with Crippen molar-refractivity contribution in [1.29, 1.82) is 0 Å². The van der Waals surface area contributed by atoms with Crippen LogP contribution in [0.4, 0.5) is 0 Å². The Labute approximate surface area is 164 Å². The van der Waals surface area contributed by atoms with Gasteiger partial charge in [-0.2, -0.15) is 0 Å². The van der Waals surface area contributed by atoms with Crippen LogP contribution in [-0.2, 0) is 16.0 Å². The van der Waals surface area contributed by atoms with Crippen LogP contribution in [0.15, 0.2) is 48.5 Å². The topological polar surface area (TPSA) is 83.2 Å². The van der Waals surface area contributed by atoms with Gasteiger partial charge in [-0.3, -0.25) is 9.59 Å². The minimum atomic E-state index is -0.179. The van der Waals surface area contributed by atoms with Crippen LogP contribution in [0.1, 0.15) is 18.9 Å². The first-order valence-electron chi connectivity index (χ1n) is 9.39. The van der Waals surface area contributed by atoms with Gasteiger partial charge in [-0.05, 0) is 54.8 Å². The van der Waals surface area contributed by atoms with Gasteiger partial charge in [0.05, 0.1) is 13.7 Å². The molecule has 0 saturated heterocycles. The van der Waals surface area contributed by atoms with E-state index in [0.717, 1.165) is 33.5 Å². The summed E-state index contributed by atoms with van der Waals surface area (Å²) >= 11 is 0. The maximum absolute atomic E-state index is 12.2. The number of fused-ring (bicyclic) bond motifs is 1. The molecule has 146 valence electrons. The van der Waals surface area contributed by atoms with E-state index in [4.69, 9.17) is 4.74 Å². The van der Waals surface area contributed by atoms with Gasteiger partial charge in [0.1, 0.15) is 5.75 Å². The summed E-state index contributed by atoms with van der Waals surface area (Å²) in [6.07, 6.45) is 0.886. The van der Waals surface area contributed by atoms with Crippen molar-refractivity contribution in [3.8, 4) is 17.0 Å². The van der Waals surface area contributed by atoms with Gasteiger partial charge in [0.25, 0.3) is 0 Å². The smallest absolute Gasteiger partial charge is 0.239 e. The summed E-state index contributed by atoms with van der Waals surface area (Å²) in [6.45, 7) is 2.40. The Bertz CT molecular complexity index is 961. The monoisotopic (exact) mass is 379 g/mol. The number of ether oxygens (including phenoxy) is 1. The number of rotatable bonds is 8. The molecule has 3 N–H and O–H groups in total. The van der Waals surface area contributed by atoms with Crippen molar-refractivity contribution in [3.05, 3.63) is 54.1 Å². The molecule has 0 fully saturated rings.